The largest absolute Gasteiger partial charge is 0.419 e. The summed E-state index contributed by atoms with van der Waals surface area (Å²) in [5.41, 5.74) is 0.962. The highest BCUT2D eigenvalue weighted by atomic mass is 16.5. The second-order valence-corrected chi connectivity index (χ2v) is 5.08. The van der Waals surface area contributed by atoms with Gasteiger partial charge in [0.15, 0.2) is 0 Å². The van der Waals surface area contributed by atoms with Crippen LogP contribution in [0.4, 0.5) is 0 Å². The Morgan fingerprint density at radius 3 is 2.65 bits per heavy atom. The molecule has 5 heteroatoms. The average Bonchev–Trinajstić information content (AvgIpc) is 2.97. The van der Waals surface area contributed by atoms with Crippen LogP contribution >= 0.6 is 0 Å². The van der Waals surface area contributed by atoms with Gasteiger partial charge in [-0.05, 0) is 25.0 Å². The Balaban J connectivity index is 1.61. The first-order valence-corrected chi connectivity index (χ1v) is 6.98. The predicted octanol–water partition coefficient (Wildman–Crippen LogP) is 2.35. The van der Waals surface area contributed by atoms with Gasteiger partial charge in [-0.1, -0.05) is 18.2 Å². The first-order valence-electron chi connectivity index (χ1n) is 6.98. The van der Waals surface area contributed by atoms with Gasteiger partial charge in [0.05, 0.1) is 12.6 Å². The zero-order chi connectivity index (χ0) is 13.8. The summed E-state index contributed by atoms with van der Waals surface area (Å²) in [6, 6.07) is 9.85. The Labute approximate surface area is 118 Å². The molecule has 5 nitrogen and oxygen atoms in total. The van der Waals surface area contributed by atoms with Gasteiger partial charge in [0.2, 0.25) is 11.8 Å². The Bertz CT molecular complexity index is 533. The molecule has 0 spiro atoms. The molecule has 3 rings (SSSR count). The van der Waals surface area contributed by atoms with Gasteiger partial charge in [0.25, 0.3) is 0 Å². The highest BCUT2D eigenvalue weighted by Crippen LogP contribution is 2.19. The number of aromatic nitrogens is 2. The molecule has 1 aliphatic heterocycles. The number of hydrogen-bond donors (Lipinski definition) is 0. The fraction of sp³-hybridized carbons (Fsp3) is 0.467. The van der Waals surface area contributed by atoms with Crippen molar-refractivity contribution in [3.63, 3.8) is 0 Å². The lowest BCUT2D eigenvalue weighted by Gasteiger charge is -2.29. The van der Waals surface area contributed by atoms with Crippen molar-refractivity contribution in [3.05, 3.63) is 36.2 Å². The third-order valence-corrected chi connectivity index (χ3v) is 3.71. The van der Waals surface area contributed by atoms with E-state index in [1.807, 2.05) is 30.3 Å². The molecule has 0 unspecified atom stereocenters. The van der Waals surface area contributed by atoms with Crippen LogP contribution in [0.25, 0.3) is 11.5 Å². The van der Waals surface area contributed by atoms with Crippen molar-refractivity contribution in [2.45, 2.75) is 25.5 Å². The number of methoxy groups -OCH3 is 1. The molecule has 0 radical (unpaired) electrons. The van der Waals surface area contributed by atoms with Gasteiger partial charge in [0, 0.05) is 25.8 Å². The SMILES string of the molecule is COC1CCN(Cc2nnc(-c3ccccc3)o2)CC1. The van der Waals surface area contributed by atoms with Gasteiger partial charge in [-0.3, -0.25) is 4.90 Å². The van der Waals surface area contributed by atoms with E-state index in [0.29, 0.717) is 17.9 Å². The van der Waals surface area contributed by atoms with Gasteiger partial charge in [-0.15, -0.1) is 10.2 Å². The van der Waals surface area contributed by atoms with Crippen LogP contribution in [-0.2, 0) is 11.3 Å². The van der Waals surface area contributed by atoms with Crippen LogP contribution in [0.5, 0.6) is 0 Å². The Hall–Kier alpha value is -1.72. The molecule has 106 valence electrons. The van der Waals surface area contributed by atoms with Crippen LogP contribution in [-0.4, -0.2) is 41.4 Å². The van der Waals surface area contributed by atoms with E-state index in [2.05, 4.69) is 15.1 Å². The van der Waals surface area contributed by atoms with Crippen LogP contribution in [0, 0.1) is 0 Å². The fourth-order valence-electron chi connectivity index (χ4n) is 2.51. The van der Waals surface area contributed by atoms with E-state index in [1.165, 1.54) is 0 Å². The summed E-state index contributed by atoms with van der Waals surface area (Å²) < 4.78 is 11.1. The van der Waals surface area contributed by atoms with Crippen LogP contribution in [0.2, 0.25) is 0 Å². The molecule has 1 aromatic heterocycles. The van der Waals surface area contributed by atoms with Gasteiger partial charge < -0.3 is 9.15 Å². The number of piperidine rings is 1. The summed E-state index contributed by atoms with van der Waals surface area (Å²) in [6.45, 7) is 2.75. The first-order chi connectivity index (χ1) is 9.85. The van der Waals surface area contributed by atoms with Crippen molar-refractivity contribution in [2.75, 3.05) is 20.2 Å². The lowest BCUT2D eigenvalue weighted by Crippen LogP contribution is -2.36. The first kappa shape index (κ1) is 13.3. The van der Waals surface area contributed by atoms with Crippen LogP contribution in [0.15, 0.2) is 34.7 Å². The summed E-state index contributed by atoms with van der Waals surface area (Å²) in [5, 5.41) is 8.25. The second-order valence-electron chi connectivity index (χ2n) is 5.08. The minimum absolute atomic E-state index is 0.397. The maximum atomic E-state index is 5.73. The Kier molecular flexibility index (Phi) is 4.08. The zero-order valence-corrected chi connectivity index (χ0v) is 11.7. The summed E-state index contributed by atoms with van der Waals surface area (Å²) in [4.78, 5) is 2.33. The van der Waals surface area contributed by atoms with Crippen LogP contribution in [0.1, 0.15) is 18.7 Å². The van der Waals surface area contributed by atoms with Crippen molar-refractivity contribution >= 4 is 0 Å². The van der Waals surface area contributed by atoms with Gasteiger partial charge in [0.1, 0.15) is 0 Å². The highest BCUT2D eigenvalue weighted by Gasteiger charge is 2.20. The molecule has 2 aromatic rings. The molecule has 1 saturated heterocycles. The monoisotopic (exact) mass is 273 g/mol. The van der Waals surface area contributed by atoms with E-state index in [0.717, 1.165) is 38.0 Å². The minimum Gasteiger partial charge on any atom is -0.419 e. The number of ether oxygens (including phenoxy) is 1. The number of hydrogen-bond acceptors (Lipinski definition) is 5. The van der Waals surface area contributed by atoms with E-state index >= 15 is 0 Å². The molecule has 1 fully saturated rings. The fourth-order valence-corrected chi connectivity index (χ4v) is 2.51. The molecule has 0 saturated carbocycles. The summed E-state index contributed by atoms with van der Waals surface area (Å²) in [7, 11) is 1.78. The van der Waals surface area contributed by atoms with E-state index in [-0.39, 0.29) is 0 Å². The van der Waals surface area contributed by atoms with Crippen LogP contribution in [0.3, 0.4) is 0 Å². The van der Waals surface area contributed by atoms with Crippen LogP contribution < -0.4 is 0 Å². The van der Waals surface area contributed by atoms with Crippen molar-refractivity contribution in [1.82, 2.24) is 15.1 Å². The smallest absolute Gasteiger partial charge is 0.247 e. The highest BCUT2D eigenvalue weighted by molar-refractivity contribution is 5.51. The van der Waals surface area contributed by atoms with Crippen molar-refractivity contribution in [2.24, 2.45) is 0 Å². The van der Waals surface area contributed by atoms with E-state index in [9.17, 15) is 0 Å². The van der Waals surface area contributed by atoms with Gasteiger partial charge in [-0.2, -0.15) is 0 Å². The lowest BCUT2D eigenvalue weighted by molar-refractivity contribution is 0.0365. The Morgan fingerprint density at radius 2 is 1.95 bits per heavy atom. The second kappa shape index (κ2) is 6.15. The summed E-state index contributed by atoms with van der Waals surface area (Å²) >= 11 is 0. The third kappa shape index (κ3) is 3.05. The normalized spacial score (nSPS) is 17.4. The molecule has 0 aliphatic carbocycles. The maximum Gasteiger partial charge on any atom is 0.247 e. The number of benzene rings is 1. The van der Waals surface area contributed by atoms with Crippen molar-refractivity contribution in [3.8, 4) is 11.5 Å². The van der Waals surface area contributed by atoms with Gasteiger partial charge >= 0.3 is 0 Å². The standard InChI is InChI=1S/C15H19N3O2/c1-19-13-7-9-18(10-8-13)11-14-16-17-15(20-14)12-5-3-2-4-6-12/h2-6,13H,7-11H2,1H3. The molecule has 2 heterocycles. The van der Waals surface area contributed by atoms with E-state index in [4.69, 9.17) is 9.15 Å². The Morgan fingerprint density at radius 1 is 1.20 bits per heavy atom. The van der Waals surface area contributed by atoms with Crippen molar-refractivity contribution < 1.29 is 9.15 Å². The summed E-state index contributed by atoms with van der Waals surface area (Å²) in [5.74, 6) is 1.27. The minimum atomic E-state index is 0.397. The molecule has 0 N–H and O–H groups in total. The molecule has 1 aromatic carbocycles. The quantitative estimate of drug-likeness (QED) is 0.856. The summed E-state index contributed by atoms with van der Waals surface area (Å²) in [6.07, 6.45) is 2.53. The predicted molar refractivity (Wildman–Crippen MR) is 75.0 cm³/mol. The van der Waals surface area contributed by atoms with Gasteiger partial charge in [-0.25, -0.2) is 0 Å². The molecule has 1 aliphatic rings. The molecular formula is C15H19N3O2. The molecule has 0 atom stereocenters. The van der Waals surface area contributed by atoms with E-state index in [1.54, 1.807) is 7.11 Å². The lowest BCUT2D eigenvalue weighted by atomic mass is 10.1. The third-order valence-electron chi connectivity index (χ3n) is 3.71. The number of nitrogens with zero attached hydrogens (tertiary/aromatic N) is 3. The zero-order valence-electron chi connectivity index (χ0n) is 11.7. The molecule has 0 amide bonds. The average molecular weight is 273 g/mol. The molecule has 20 heavy (non-hydrogen) atoms. The molecular weight excluding hydrogens is 254 g/mol. The van der Waals surface area contributed by atoms with Crippen molar-refractivity contribution in [1.29, 1.82) is 0 Å². The topological polar surface area (TPSA) is 51.4 Å². The maximum absolute atomic E-state index is 5.73. The number of rotatable bonds is 4. The molecule has 0 bridgehead atoms. The number of likely N-dealkylation sites (tertiary alicyclic amines) is 1. The van der Waals surface area contributed by atoms with E-state index < -0.39 is 0 Å².